The van der Waals surface area contributed by atoms with Crippen LogP contribution in [0.25, 0.3) is 0 Å². The summed E-state index contributed by atoms with van der Waals surface area (Å²) in [7, 11) is 0. The summed E-state index contributed by atoms with van der Waals surface area (Å²) in [4.78, 5) is 0. The Morgan fingerprint density at radius 3 is 2.32 bits per heavy atom. The highest BCUT2D eigenvalue weighted by molar-refractivity contribution is 9.10. The molecule has 22 heavy (non-hydrogen) atoms. The van der Waals surface area contributed by atoms with Gasteiger partial charge in [-0.25, -0.2) is 0 Å². The number of benzene rings is 2. The van der Waals surface area contributed by atoms with Gasteiger partial charge in [-0.05, 0) is 47.7 Å². The molecule has 0 aromatic heterocycles. The maximum absolute atomic E-state index is 8.84. The van der Waals surface area contributed by atoms with Gasteiger partial charge in [-0.3, -0.25) is 0 Å². The lowest BCUT2D eigenvalue weighted by Gasteiger charge is -2.25. The molecule has 0 unspecified atom stereocenters. The van der Waals surface area contributed by atoms with Crippen LogP contribution >= 0.6 is 15.9 Å². The molecular weight excluding hydrogens is 338 g/mol. The number of halogens is 1. The Kier molecular flexibility index (Phi) is 4.93. The average Bonchev–Trinajstić information content (AvgIpc) is 2.45. The maximum Gasteiger partial charge on any atom is 0.126 e. The number of hydrogen-bond donors (Lipinski definition) is 0. The van der Waals surface area contributed by atoms with E-state index in [1.54, 1.807) is 0 Å². The number of aryl methyl sites for hydroxylation is 1. The van der Waals surface area contributed by atoms with Gasteiger partial charge >= 0.3 is 0 Å². The third-order valence-electron chi connectivity index (χ3n) is 3.51. The van der Waals surface area contributed by atoms with Crippen LogP contribution in [0.5, 0.6) is 5.75 Å². The summed E-state index contributed by atoms with van der Waals surface area (Å²) in [5.74, 6) is 0.944. The van der Waals surface area contributed by atoms with E-state index < -0.39 is 0 Å². The molecule has 0 atom stereocenters. The third kappa shape index (κ3) is 3.90. The molecule has 0 aliphatic rings. The normalized spacial score (nSPS) is 11.1. The Bertz CT molecular complexity index is 706. The zero-order valence-corrected chi connectivity index (χ0v) is 15.0. The fourth-order valence-corrected chi connectivity index (χ4v) is 2.88. The number of hydrogen-bond acceptors (Lipinski definition) is 2. The zero-order chi connectivity index (χ0) is 16.3. The number of nitrogens with zero attached hydrogens (tertiary/aromatic N) is 1. The molecule has 0 radical (unpaired) electrons. The molecule has 0 aliphatic heterocycles. The Hall–Kier alpha value is -1.79. The fraction of sp³-hybridized carbons (Fsp3) is 0.316. The molecule has 2 aromatic carbocycles. The lowest BCUT2D eigenvalue weighted by Crippen LogP contribution is -2.14. The first kappa shape index (κ1) is 16.6. The van der Waals surface area contributed by atoms with Crippen LogP contribution < -0.4 is 4.74 Å². The van der Waals surface area contributed by atoms with Crippen LogP contribution in [0.4, 0.5) is 0 Å². The first-order chi connectivity index (χ1) is 10.3. The van der Waals surface area contributed by atoms with Crippen molar-refractivity contribution in [3.05, 3.63) is 63.1 Å². The van der Waals surface area contributed by atoms with Crippen LogP contribution in [-0.2, 0) is 12.0 Å². The molecule has 0 N–H and O–H groups in total. The predicted molar refractivity (Wildman–Crippen MR) is 93.1 cm³/mol. The first-order valence-electron chi connectivity index (χ1n) is 7.24. The second-order valence-corrected chi connectivity index (χ2v) is 7.36. The minimum atomic E-state index is 0.00847. The standard InChI is InChI=1S/C19H20BrNO/c1-13-9-16(20)10-17(19(2,3)4)18(13)22-12-15-7-5-14(11-21)6-8-15/h5-10H,12H2,1-4H3. The zero-order valence-electron chi connectivity index (χ0n) is 13.4. The minimum absolute atomic E-state index is 0.00847. The molecule has 0 bridgehead atoms. The van der Waals surface area contributed by atoms with Crippen molar-refractivity contribution in [2.45, 2.75) is 39.7 Å². The SMILES string of the molecule is Cc1cc(Br)cc(C(C)(C)C)c1OCc1ccc(C#N)cc1. The highest BCUT2D eigenvalue weighted by Crippen LogP contribution is 2.36. The highest BCUT2D eigenvalue weighted by atomic mass is 79.9. The Labute approximate surface area is 140 Å². The first-order valence-corrected chi connectivity index (χ1v) is 8.03. The minimum Gasteiger partial charge on any atom is -0.488 e. The van der Waals surface area contributed by atoms with Crippen molar-refractivity contribution >= 4 is 15.9 Å². The molecular formula is C19H20BrNO. The van der Waals surface area contributed by atoms with Gasteiger partial charge in [0.1, 0.15) is 12.4 Å². The Morgan fingerprint density at radius 1 is 1.14 bits per heavy atom. The van der Waals surface area contributed by atoms with Gasteiger partial charge in [-0.1, -0.05) is 48.8 Å². The summed E-state index contributed by atoms with van der Waals surface area (Å²) in [6.07, 6.45) is 0. The van der Waals surface area contributed by atoms with Crippen molar-refractivity contribution in [1.29, 1.82) is 5.26 Å². The van der Waals surface area contributed by atoms with Crippen molar-refractivity contribution in [2.24, 2.45) is 0 Å². The lowest BCUT2D eigenvalue weighted by molar-refractivity contribution is 0.295. The van der Waals surface area contributed by atoms with E-state index in [0.717, 1.165) is 21.3 Å². The quantitative estimate of drug-likeness (QED) is 0.725. The van der Waals surface area contributed by atoms with Crippen molar-refractivity contribution in [1.82, 2.24) is 0 Å². The number of nitriles is 1. The summed E-state index contributed by atoms with van der Waals surface area (Å²) < 4.78 is 7.18. The Balaban J connectivity index is 2.27. The molecule has 0 amide bonds. The summed E-state index contributed by atoms with van der Waals surface area (Å²) in [5, 5.41) is 8.84. The van der Waals surface area contributed by atoms with Gasteiger partial charge in [-0.2, -0.15) is 5.26 Å². The third-order valence-corrected chi connectivity index (χ3v) is 3.97. The molecule has 114 valence electrons. The van der Waals surface area contributed by atoms with Gasteiger partial charge < -0.3 is 4.74 Å². The predicted octanol–water partition coefficient (Wildman–Crippen LogP) is 5.51. The van der Waals surface area contributed by atoms with E-state index in [2.05, 4.69) is 61.8 Å². The van der Waals surface area contributed by atoms with E-state index in [1.807, 2.05) is 24.3 Å². The number of rotatable bonds is 3. The molecule has 0 saturated carbocycles. The number of ether oxygens (including phenoxy) is 1. The van der Waals surface area contributed by atoms with Crippen LogP contribution in [0, 0.1) is 18.3 Å². The monoisotopic (exact) mass is 357 g/mol. The topological polar surface area (TPSA) is 33.0 Å². The molecule has 0 heterocycles. The van der Waals surface area contributed by atoms with Gasteiger partial charge in [-0.15, -0.1) is 0 Å². The molecule has 2 nitrogen and oxygen atoms in total. The lowest BCUT2D eigenvalue weighted by atomic mass is 9.85. The van der Waals surface area contributed by atoms with Gasteiger partial charge in [0.2, 0.25) is 0 Å². The van der Waals surface area contributed by atoms with Crippen LogP contribution in [0.15, 0.2) is 40.9 Å². The van der Waals surface area contributed by atoms with Gasteiger partial charge in [0, 0.05) is 10.0 Å². The van der Waals surface area contributed by atoms with Crippen molar-refractivity contribution in [2.75, 3.05) is 0 Å². The van der Waals surface area contributed by atoms with Gasteiger partial charge in [0.25, 0.3) is 0 Å². The summed E-state index contributed by atoms with van der Waals surface area (Å²) in [6.45, 7) is 9.11. The molecule has 2 aromatic rings. The van der Waals surface area contributed by atoms with E-state index in [9.17, 15) is 0 Å². The van der Waals surface area contributed by atoms with E-state index in [0.29, 0.717) is 12.2 Å². The van der Waals surface area contributed by atoms with Gasteiger partial charge in [0.05, 0.1) is 11.6 Å². The van der Waals surface area contributed by atoms with Crippen LogP contribution in [-0.4, -0.2) is 0 Å². The van der Waals surface area contributed by atoms with Crippen LogP contribution in [0.3, 0.4) is 0 Å². The largest absolute Gasteiger partial charge is 0.488 e. The van der Waals surface area contributed by atoms with Crippen molar-refractivity contribution in [3.8, 4) is 11.8 Å². The summed E-state index contributed by atoms with van der Waals surface area (Å²) in [6, 6.07) is 13.8. The van der Waals surface area contributed by atoms with Crippen LogP contribution in [0.2, 0.25) is 0 Å². The van der Waals surface area contributed by atoms with Crippen molar-refractivity contribution in [3.63, 3.8) is 0 Å². The molecule has 2 rings (SSSR count). The van der Waals surface area contributed by atoms with Crippen molar-refractivity contribution < 1.29 is 4.74 Å². The van der Waals surface area contributed by atoms with E-state index in [-0.39, 0.29) is 5.41 Å². The average molecular weight is 358 g/mol. The van der Waals surface area contributed by atoms with E-state index in [4.69, 9.17) is 10.00 Å². The van der Waals surface area contributed by atoms with Gasteiger partial charge in [0.15, 0.2) is 0 Å². The summed E-state index contributed by atoms with van der Waals surface area (Å²) in [5.41, 5.74) is 4.04. The molecule has 0 fully saturated rings. The second kappa shape index (κ2) is 6.54. The molecule has 0 saturated heterocycles. The van der Waals surface area contributed by atoms with E-state index in [1.165, 1.54) is 5.56 Å². The van der Waals surface area contributed by atoms with Crippen LogP contribution in [0.1, 0.15) is 43.0 Å². The molecule has 0 aliphatic carbocycles. The Morgan fingerprint density at radius 2 is 1.77 bits per heavy atom. The molecule has 3 heteroatoms. The highest BCUT2D eigenvalue weighted by Gasteiger charge is 2.21. The van der Waals surface area contributed by atoms with E-state index >= 15 is 0 Å². The second-order valence-electron chi connectivity index (χ2n) is 6.45. The summed E-state index contributed by atoms with van der Waals surface area (Å²) >= 11 is 3.57. The maximum atomic E-state index is 8.84. The fourth-order valence-electron chi connectivity index (χ4n) is 2.31. The smallest absolute Gasteiger partial charge is 0.126 e. The molecule has 0 spiro atoms.